The van der Waals surface area contributed by atoms with E-state index in [9.17, 15) is 27.2 Å². The van der Waals surface area contributed by atoms with Gasteiger partial charge in [0.25, 0.3) is 5.91 Å². The van der Waals surface area contributed by atoms with Crippen molar-refractivity contribution in [3.05, 3.63) is 53.9 Å². The van der Waals surface area contributed by atoms with E-state index in [4.69, 9.17) is 10.5 Å². The van der Waals surface area contributed by atoms with Gasteiger partial charge in [0, 0.05) is 31.8 Å². The monoisotopic (exact) mass is 522 g/mol. The first-order chi connectivity index (χ1) is 17.5. The Balaban J connectivity index is 1.37. The molecule has 10 nitrogen and oxygen atoms in total. The highest BCUT2D eigenvalue weighted by molar-refractivity contribution is 5.95. The third-order valence-electron chi connectivity index (χ3n) is 5.64. The van der Waals surface area contributed by atoms with Crippen LogP contribution in [0.5, 0.6) is 11.6 Å². The summed E-state index contributed by atoms with van der Waals surface area (Å²) in [6.07, 6.45) is -4.23. The number of piperidine rings is 1. The van der Waals surface area contributed by atoms with E-state index in [-0.39, 0.29) is 37.4 Å². The number of nitrogens with zero attached hydrogens (tertiary/aromatic N) is 5. The molecule has 2 aromatic heterocycles. The quantitative estimate of drug-likeness (QED) is 0.473. The van der Waals surface area contributed by atoms with Crippen molar-refractivity contribution in [2.24, 2.45) is 12.8 Å². The molecule has 1 aromatic carbocycles. The van der Waals surface area contributed by atoms with Gasteiger partial charge in [0.05, 0.1) is 24.9 Å². The zero-order valence-corrected chi connectivity index (χ0v) is 19.5. The standard InChI is InChI=1S/C23H22F4N6O4/c1-32-11-14(10-29-32)18-9-16(21(28)35)22(31-30-18)36-19-6-7-33(12-17(19)24)20(34)8-13-2-4-15(5-3-13)37-23(25,26)27/h2-5,9-11,17,19H,6-8,12H2,1H3,(H2,28,35)/t17-,19+/m1/s1. The molecule has 2 atom stereocenters. The highest BCUT2D eigenvalue weighted by Crippen LogP contribution is 2.26. The maximum Gasteiger partial charge on any atom is 0.573 e. The van der Waals surface area contributed by atoms with Crippen LogP contribution in [0.1, 0.15) is 22.3 Å². The summed E-state index contributed by atoms with van der Waals surface area (Å²) in [4.78, 5) is 25.9. The van der Waals surface area contributed by atoms with E-state index in [1.165, 1.54) is 29.3 Å². The first-order valence-corrected chi connectivity index (χ1v) is 11.1. The highest BCUT2D eigenvalue weighted by Gasteiger charge is 2.34. The first-order valence-electron chi connectivity index (χ1n) is 11.1. The average molecular weight is 522 g/mol. The predicted octanol–water partition coefficient (Wildman–Crippen LogP) is 2.44. The number of alkyl halides is 4. The van der Waals surface area contributed by atoms with Crippen LogP contribution >= 0.6 is 0 Å². The maximum absolute atomic E-state index is 15.0. The number of aromatic nitrogens is 4. The van der Waals surface area contributed by atoms with Crippen molar-refractivity contribution in [2.45, 2.75) is 31.5 Å². The SMILES string of the molecule is Cn1cc(-c2cc(C(N)=O)c(O[C@H]3CCN(C(=O)Cc4ccc(OC(F)(F)F)cc4)C[C@H]3F)nn2)cn1. The van der Waals surface area contributed by atoms with Crippen molar-refractivity contribution >= 4 is 11.8 Å². The minimum absolute atomic E-state index is 0.0718. The predicted molar refractivity (Wildman–Crippen MR) is 120 cm³/mol. The smallest absolute Gasteiger partial charge is 0.469 e. The van der Waals surface area contributed by atoms with Crippen molar-refractivity contribution < 1.29 is 36.6 Å². The molecule has 4 rings (SSSR count). The summed E-state index contributed by atoms with van der Waals surface area (Å²) >= 11 is 0. The van der Waals surface area contributed by atoms with Gasteiger partial charge in [-0.25, -0.2) is 4.39 Å². The van der Waals surface area contributed by atoms with E-state index < -0.39 is 36.2 Å². The second-order valence-corrected chi connectivity index (χ2v) is 8.38. The van der Waals surface area contributed by atoms with Gasteiger partial charge in [-0.2, -0.15) is 5.10 Å². The number of carbonyl (C=O) groups excluding carboxylic acids is 2. The Morgan fingerprint density at radius 3 is 2.51 bits per heavy atom. The van der Waals surface area contributed by atoms with Gasteiger partial charge in [0.2, 0.25) is 11.8 Å². The second-order valence-electron chi connectivity index (χ2n) is 8.38. The Hall–Kier alpha value is -4.23. The Labute approximate surface area is 208 Å². The van der Waals surface area contributed by atoms with Crippen LogP contribution in [0.2, 0.25) is 0 Å². The number of aryl methyl sites for hydroxylation is 1. The summed E-state index contributed by atoms with van der Waals surface area (Å²) < 4.78 is 62.8. The molecule has 196 valence electrons. The molecule has 0 bridgehead atoms. The third-order valence-corrected chi connectivity index (χ3v) is 5.64. The Kier molecular flexibility index (Phi) is 7.27. The second kappa shape index (κ2) is 10.4. The number of hydrogen-bond acceptors (Lipinski definition) is 7. The number of carbonyl (C=O) groups is 2. The molecule has 3 heterocycles. The van der Waals surface area contributed by atoms with Crippen LogP contribution < -0.4 is 15.2 Å². The summed E-state index contributed by atoms with van der Waals surface area (Å²) in [6, 6.07) is 6.26. The van der Waals surface area contributed by atoms with E-state index in [2.05, 4.69) is 20.0 Å². The number of benzene rings is 1. The molecule has 14 heteroatoms. The van der Waals surface area contributed by atoms with Crippen LogP contribution in [0.3, 0.4) is 0 Å². The molecule has 0 unspecified atom stereocenters. The van der Waals surface area contributed by atoms with Gasteiger partial charge in [-0.3, -0.25) is 14.3 Å². The molecule has 0 saturated carbocycles. The molecule has 0 aliphatic carbocycles. The van der Waals surface area contributed by atoms with Crippen LogP contribution in [0.4, 0.5) is 17.6 Å². The zero-order valence-electron chi connectivity index (χ0n) is 19.5. The summed E-state index contributed by atoms with van der Waals surface area (Å²) in [6.45, 7) is -0.113. The van der Waals surface area contributed by atoms with E-state index >= 15 is 0 Å². The van der Waals surface area contributed by atoms with Crippen molar-refractivity contribution in [1.82, 2.24) is 24.9 Å². The topological polar surface area (TPSA) is 125 Å². The summed E-state index contributed by atoms with van der Waals surface area (Å²) in [5.74, 6) is -1.85. The van der Waals surface area contributed by atoms with Crippen molar-refractivity contribution in [3.8, 4) is 22.9 Å². The molecular weight excluding hydrogens is 500 g/mol. The molecule has 0 spiro atoms. The molecule has 0 radical (unpaired) electrons. The number of nitrogens with two attached hydrogens (primary N) is 1. The minimum atomic E-state index is -4.81. The van der Waals surface area contributed by atoms with Crippen molar-refractivity contribution in [3.63, 3.8) is 0 Å². The number of rotatable bonds is 7. The summed E-state index contributed by atoms with van der Waals surface area (Å²) in [5, 5.41) is 12.0. The number of amides is 2. The Bertz CT molecular complexity index is 1280. The van der Waals surface area contributed by atoms with E-state index in [0.29, 0.717) is 16.8 Å². The van der Waals surface area contributed by atoms with Gasteiger partial charge in [-0.15, -0.1) is 23.4 Å². The molecule has 2 amide bonds. The lowest BCUT2D eigenvalue weighted by molar-refractivity contribution is -0.274. The Morgan fingerprint density at radius 2 is 1.92 bits per heavy atom. The van der Waals surface area contributed by atoms with Gasteiger partial charge < -0.3 is 20.1 Å². The fraction of sp³-hybridized carbons (Fsp3) is 0.348. The molecule has 37 heavy (non-hydrogen) atoms. The lowest BCUT2D eigenvalue weighted by atomic mass is 10.0. The normalized spacial score (nSPS) is 17.9. The molecule has 2 N–H and O–H groups in total. The van der Waals surface area contributed by atoms with Gasteiger partial charge in [0.15, 0.2) is 6.17 Å². The molecule has 1 aliphatic heterocycles. The van der Waals surface area contributed by atoms with Crippen molar-refractivity contribution in [2.75, 3.05) is 13.1 Å². The van der Waals surface area contributed by atoms with E-state index in [1.807, 2.05) is 0 Å². The summed E-state index contributed by atoms with van der Waals surface area (Å²) in [7, 11) is 1.71. The lowest BCUT2D eigenvalue weighted by Gasteiger charge is -2.34. The average Bonchev–Trinajstić information content (AvgIpc) is 3.27. The van der Waals surface area contributed by atoms with E-state index in [0.717, 1.165) is 12.1 Å². The van der Waals surface area contributed by atoms with Crippen LogP contribution in [-0.2, 0) is 18.3 Å². The van der Waals surface area contributed by atoms with Crippen LogP contribution in [0, 0.1) is 0 Å². The van der Waals surface area contributed by atoms with Gasteiger partial charge >= 0.3 is 6.36 Å². The van der Waals surface area contributed by atoms with Crippen LogP contribution in [-0.4, -0.2) is 68.4 Å². The fourth-order valence-electron chi connectivity index (χ4n) is 3.82. The van der Waals surface area contributed by atoms with Gasteiger partial charge in [-0.05, 0) is 23.8 Å². The van der Waals surface area contributed by atoms with Gasteiger partial charge in [-0.1, -0.05) is 12.1 Å². The van der Waals surface area contributed by atoms with Crippen LogP contribution in [0.15, 0.2) is 42.7 Å². The number of hydrogen-bond donors (Lipinski definition) is 1. The minimum Gasteiger partial charge on any atom is -0.469 e. The zero-order chi connectivity index (χ0) is 26.7. The van der Waals surface area contributed by atoms with Crippen LogP contribution in [0.25, 0.3) is 11.3 Å². The van der Waals surface area contributed by atoms with E-state index in [1.54, 1.807) is 17.9 Å². The molecule has 1 aliphatic rings. The largest absolute Gasteiger partial charge is 0.573 e. The van der Waals surface area contributed by atoms with Crippen molar-refractivity contribution in [1.29, 1.82) is 0 Å². The lowest BCUT2D eigenvalue weighted by Crippen LogP contribution is -2.49. The number of halogens is 4. The highest BCUT2D eigenvalue weighted by atomic mass is 19.4. The molecule has 1 saturated heterocycles. The number of ether oxygens (including phenoxy) is 2. The first kappa shape index (κ1) is 25.9. The molecule has 1 fully saturated rings. The third kappa shape index (κ3) is 6.51. The number of primary amides is 1. The molecular formula is C23H22F4N6O4. The summed E-state index contributed by atoms with van der Waals surface area (Å²) in [5.41, 5.74) is 6.78. The maximum atomic E-state index is 15.0. The Morgan fingerprint density at radius 1 is 1.19 bits per heavy atom. The fourth-order valence-corrected chi connectivity index (χ4v) is 3.82. The van der Waals surface area contributed by atoms with Gasteiger partial charge in [0.1, 0.15) is 17.4 Å². The number of likely N-dealkylation sites (tertiary alicyclic amines) is 1. The molecule has 3 aromatic rings.